The number of hydrogen-bond acceptors (Lipinski definition) is 3. The zero-order valence-corrected chi connectivity index (χ0v) is 26.7. The van der Waals surface area contributed by atoms with Crippen molar-refractivity contribution in [3.05, 3.63) is 106 Å². The van der Waals surface area contributed by atoms with Crippen LogP contribution in [-0.4, -0.2) is 30.8 Å². The van der Waals surface area contributed by atoms with Gasteiger partial charge in [0.15, 0.2) is 5.78 Å². The summed E-state index contributed by atoms with van der Waals surface area (Å²) in [7, 11) is 0.367. The molecule has 0 radical (unpaired) electrons. The predicted molar refractivity (Wildman–Crippen MR) is 178 cm³/mol. The van der Waals surface area contributed by atoms with Crippen molar-refractivity contribution in [2.45, 2.75) is 66.2 Å². The number of carbonyl (C=O) groups excluding carboxylic acids is 1. The smallest absolute Gasteiger partial charge is 0.156 e. The zero-order chi connectivity index (χ0) is 31.0. The molecule has 0 bridgehead atoms. The molecule has 1 N–H and O–H groups in total. The van der Waals surface area contributed by atoms with Gasteiger partial charge in [0.1, 0.15) is 11.9 Å². The first-order valence-electron chi connectivity index (χ1n) is 13.5. The van der Waals surface area contributed by atoms with E-state index in [-0.39, 0.29) is 11.6 Å². The lowest BCUT2D eigenvalue weighted by molar-refractivity contribution is -0.113. The molecule has 0 aliphatic heterocycles. The van der Waals surface area contributed by atoms with Crippen molar-refractivity contribution in [3.63, 3.8) is 0 Å². The van der Waals surface area contributed by atoms with Crippen molar-refractivity contribution in [2.75, 3.05) is 13.3 Å². The fourth-order valence-electron chi connectivity index (χ4n) is 3.77. The van der Waals surface area contributed by atoms with E-state index in [0.29, 0.717) is 17.5 Å². The van der Waals surface area contributed by atoms with Crippen LogP contribution in [-0.2, 0) is 17.6 Å². The average Bonchev–Trinajstić information content (AvgIpc) is 2.93. The molecule has 0 fully saturated rings. The molecule has 2 rings (SSSR count). The largest absolute Gasteiger partial charge is 0.394 e. The molecule has 0 saturated carbocycles. The minimum Gasteiger partial charge on any atom is -0.394 e. The molecule has 0 heterocycles. The topological polar surface area (TPSA) is 52.9 Å². The van der Waals surface area contributed by atoms with Crippen LogP contribution in [0.3, 0.4) is 0 Å². The minimum absolute atomic E-state index is 0.0756. The molecular formula is C35H47FN2OS. The highest BCUT2D eigenvalue weighted by Gasteiger charge is 2.15. The Morgan fingerprint density at radius 1 is 1.12 bits per heavy atom. The number of carbonyl (C=O) groups is 1. The van der Waals surface area contributed by atoms with Gasteiger partial charge in [0.05, 0.1) is 5.56 Å². The van der Waals surface area contributed by atoms with Crippen molar-refractivity contribution in [1.82, 2.24) is 5.32 Å². The lowest BCUT2D eigenvalue weighted by Gasteiger charge is -2.16. The quantitative estimate of drug-likeness (QED) is 0.189. The maximum atomic E-state index is 13.4. The Balaban J connectivity index is 0.000000772. The number of aryl methyl sites for hydroxylation is 3. The molecule has 0 aliphatic carbocycles. The van der Waals surface area contributed by atoms with Gasteiger partial charge in [-0.25, -0.2) is 4.39 Å². The highest BCUT2D eigenvalue weighted by Crippen LogP contribution is 2.33. The van der Waals surface area contributed by atoms with Crippen molar-refractivity contribution >= 4 is 32.3 Å². The zero-order valence-electron chi connectivity index (χ0n) is 25.9. The molecule has 0 aliphatic rings. The van der Waals surface area contributed by atoms with Gasteiger partial charge in [0.25, 0.3) is 0 Å². The predicted octanol–water partition coefficient (Wildman–Crippen LogP) is 8.71. The van der Waals surface area contributed by atoms with Crippen LogP contribution in [0.2, 0.25) is 0 Å². The average molecular weight is 563 g/mol. The number of nitrogens with one attached hydrogen (secondary N) is 1. The third-order valence-electron chi connectivity index (χ3n) is 6.11. The Bertz CT molecular complexity index is 1420. The number of halogens is 1. The highest BCUT2D eigenvalue weighted by atomic mass is 32.2. The van der Waals surface area contributed by atoms with E-state index in [1.165, 1.54) is 11.6 Å². The molecule has 0 amide bonds. The molecule has 0 saturated heterocycles. The summed E-state index contributed by atoms with van der Waals surface area (Å²) in [6.45, 7) is 17.5. The van der Waals surface area contributed by atoms with Crippen LogP contribution in [0.4, 0.5) is 4.39 Å². The third-order valence-corrected chi connectivity index (χ3v) is 7.51. The van der Waals surface area contributed by atoms with Gasteiger partial charge in [-0.3, -0.25) is 4.79 Å². The maximum Gasteiger partial charge on any atom is 0.156 e. The number of benzene rings is 2. The van der Waals surface area contributed by atoms with Crippen LogP contribution in [0, 0.1) is 24.1 Å². The van der Waals surface area contributed by atoms with Crippen molar-refractivity contribution in [2.24, 2.45) is 0 Å². The van der Waals surface area contributed by atoms with Gasteiger partial charge in [-0.1, -0.05) is 76.4 Å². The summed E-state index contributed by atoms with van der Waals surface area (Å²) in [5, 5.41) is 11.9. The first-order valence-corrected chi connectivity index (χ1v) is 15.9. The summed E-state index contributed by atoms with van der Waals surface area (Å²) in [6.07, 6.45) is 11.0. The minimum atomic E-state index is -1.48. The van der Waals surface area contributed by atoms with Crippen LogP contribution in [0.15, 0.2) is 77.4 Å². The molecule has 0 atom stereocenters. The van der Waals surface area contributed by atoms with Gasteiger partial charge >= 0.3 is 0 Å². The second-order valence-corrected chi connectivity index (χ2v) is 12.2. The van der Waals surface area contributed by atoms with Gasteiger partial charge in [-0.2, -0.15) is 14.5 Å². The SMILES string of the molecule is C=CC(=C\C=C/NC)/C(=C(/C)C(C)=O)c1cc(CC)ccc1C.C=S(=C)(C)c1cc(CC)c(F)cc1C#N.CC. The standard InChI is InChI=1S/C21H27NO.C12H14FNS.C2H6/c1-7-18-12-11-15(3)20(14-18)21(16(4)17(5)23)19(8-2)10-9-13-22-6;1-5-9-7-12(15(2,3)4)10(8-14)6-11(9)13;1-2/h8-14,22H,2,7H2,1,3-6H3;6-7H,2-3,5H2,1,4H3;1-2H3/b13-9-,19-10+,21-16+;;. The summed E-state index contributed by atoms with van der Waals surface area (Å²) < 4.78 is 13.4. The Kier molecular flexibility index (Phi) is 16.2. The summed E-state index contributed by atoms with van der Waals surface area (Å²) in [5.74, 6) is 7.66. The fourth-order valence-corrected chi connectivity index (χ4v) is 4.83. The third kappa shape index (κ3) is 10.5. The monoisotopic (exact) mass is 562 g/mol. The number of rotatable bonds is 9. The lowest BCUT2D eigenvalue weighted by atomic mass is 9.87. The Morgan fingerprint density at radius 3 is 2.20 bits per heavy atom. The maximum absolute atomic E-state index is 13.4. The number of nitrogens with zero attached hydrogens (tertiary/aromatic N) is 1. The second kappa shape index (κ2) is 17.9. The van der Waals surface area contributed by atoms with E-state index in [9.17, 15) is 9.18 Å². The summed E-state index contributed by atoms with van der Waals surface area (Å²) in [6, 6.07) is 11.4. The van der Waals surface area contributed by atoms with Gasteiger partial charge in [0, 0.05) is 17.5 Å². The first kappa shape index (κ1) is 36.4. The molecule has 0 spiro atoms. The number of ketones is 1. The summed E-state index contributed by atoms with van der Waals surface area (Å²) in [4.78, 5) is 12.8. The number of allylic oxidation sites excluding steroid dienone is 6. The Labute approximate surface area is 243 Å². The molecule has 40 heavy (non-hydrogen) atoms. The summed E-state index contributed by atoms with van der Waals surface area (Å²) in [5.41, 5.74) is 7.15. The van der Waals surface area contributed by atoms with E-state index in [0.717, 1.165) is 39.2 Å². The van der Waals surface area contributed by atoms with Crippen LogP contribution in [0.5, 0.6) is 0 Å². The van der Waals surface area contributed by atoms with Crippen LogP contribution in [0.25, 0.3) is 5.57 Å². The van der Waals surface area contributed by atoms with Crippen LogP contribution >= 0.6 is 9.21 Å². The molecule has 3 nitrogen and oxygen atoms in total. The van der Waals surface area contributed by atoms with Gasteiger partial charge < -0.3 is 5.32 Å². The molecule has 0 aromatic heterocycles. The second-order valence-electron chi connectivity index (χ2n) is 9.21. The van der Waals surface area contributed by atoms with Crippen LogP contribution < -0.4 is 5.32 Å². The summed E-state index contributed by atoms with van der Waals surface area (Å²) >= 11 is 0. The van der Waals surface area contributed by atoms with E-state index < -0.39 is 9.21 Å². The van der Waals surface area contributed by atoms with Crippen molar-refractivity contribution in [3.8, 4) is 6.07 Å². The molecule has 2 aromatic rings. The molecule has 216 valence electrons. The van der Waals surface area contributed by atoms with E-state index in [2.05, 4.69) is 55.7 Å². The number of Topliss-reactive ketones (excluding diaryl/α,β-unsaturated/α-hetero) is 1. The normalized spacial score (nSPS) is 11.8. The number of hydrogen-bond donors (Lipinski definition) is 1. The van der Waals surface area contributed by atoms with Crippen molar-refractivity contribution < 1.29 is 9.18 Å². The molecule has 5 heteroatoms. The molecule has 2 aromatic carbocycles. The Morgan fingerprint density at radius 2 is 1.75 bits per heavy atom. The van der Waals surface area contributed by atoms with E-state index in [1.54, 1.807) is 19.1 Å². The Hall–Kier alpha value is -3.62. The van der Waals surface area contributed by atoms with Gasteiger partial charge in [-0.05, 0) is 97.7 Å². The van der Waals surface area contributed by atoms with E-state index >= 15 is 0 Å². The van der Waals surface area contributed by atoms with E-state index in [4.69, 9.17) is 5.26 Å². The van der Waals surface area contributed by atoms with Gasteiger partial charge in [-0.15, -0.1) is 0 Å². The number of nitriles is 1. The fraction of sp³-hybridized carbons (Fsp3) is 0.314. The molecular weight excluding hydrogens is 515 g/mol. The highest BCUT2D eigenvalue weighted by molar-refractivity contribution is 8.27. The lowest BCUT2D eigenvalue weighted by Crippen LogP contribution is -2.02. The van der Waals surface area contributed by atoms with Crippen LogP contribution in [0.1, 0.15) is 69.4 Å². The molecule has 0 unspecified atom stereocenters. The van der Waals surface area contributed by atoms with Crippen molar-refractivity contribution in [1.29, 1.82) is 5.26 Å². The first-order chi connectivity index (χ1) is 18.9. The van der Waals surface area contributed by atoms with Gasteiger partial charge in [0.2, 0.25) is 0 Å². The van der Waals surface area contributed by atoms with E-state index in [1.807, 2.05) is 65.4 Å².